The average Bonchev–Trinajstić information content (AvgIpc) is 2.56. The van der Waals surface area contributed by atoms with E-state index >= 15 is 0 Å². The van der Waals surface area contributed by atoms with Crippen molar-refractivity contribution in [3.63, 3.8) is 0 Å². The maximum Gasteiger partial charge on any atom is 0.228 e. The van der Waals surface area contributed by atoms with Crippen LogP contribution in [0.5, 0.6) is 0 Å². The molecule has 2 aliphatic heterocycles. The summed E-state index contributed by atoms with van der Waals surface area (Å²) in [4.78, 5) is 17.2. The van der Waals surface area contributed by atoms with E-state index in [1.807, 2.05) is 6.07 Å². The highest BCUT2D eigenvalue weighted by molar-refractivity contribution is 5.82. The number of piperazine rings is 1. The number of amides is 1. The highest BCUT2D eigenvalue weighted by Gasteiger charge is 2.38. The van der Waals surface area contributed by atoms with Gasteiger partial charge in [0.1, 0.15) is 0 Å². The van der Waals surface area contributed by atoms with E-state index in [-0.39, 0.29) is 5.41 Å². The second-order valence-electron chi connectivity index (χ2n) is 6.43. The van der Waals surface area contributed by atoms with E-state index in [1.165, 1.54) is 5.69 Å². The number of piperidine rings is 1. The third-order valence-electron chi connectivity index (χ3n) is 4.91. The quantitative estimate of drug-likeness (QED) is 0.900. The van der Waals surface area contributed by atoms with Gasteiger partial charge in [0.2, 0.25) is 5.91 Å². The molecule has 1 N–H and O–H groups in total. The maximum atomic E-state index is 12.8. The fourth-order valence-electron chi connectivity index (χ4n) is 3.38. The zero-order valence-electron chi connectivity index (χ0n) is 12.8. The largest absolute Gasteiger partial charge is 0.368 e. The van der Waals surface area contributed by atoms with Gasteiger partial charge in [-0.15, -0.1) is 0 Å². The minimum atomic E-state index is -0.153. The van der Waals surface area contributed by atoms with Crippen LogP contribution >= 0.6 is 0 Å². The zero-order chi connectivity index (χ0) is 14.7. The number of rotatable bonds is 2. The second kappa shape index (κ2) is 6.06. The third-order valence-corrected chi connectivity index (χ3v) is 4.91. The van der Waals surface area contributed by atoms with Gasteiger partial charge in [-0.2, -0.15) is 0 Å². The van der Waals surface area contributed by atoms with E-state index in [2.05, 4.69) is 46.3 Å². The lowest BCUT2D eigenvalue weighted by Crippen LogP contribution is -2.54. The predicted molar refractivity (Wildman–Crippen MR) is 85.4 cm³/mol. The summed E-state index contributed by atoms with van der Waals surface area (Å²) in [5.41, 5.74) is 1.11. The maximum absolute atomic E-state index is 12.8. The summed E-state index contributed by atoms with van der Waals surface area (Å²) in [6.07, 6.45) is 1.93. The van der Waals surface area contributed by atoms with Gasteiger partial charge in [-0.1, -0.05) is 25.1 Å². The molecular weight excluding hydrogens is 262 g/mol. The molecule has 0 aromatic heterocycles. The van der Waals surface area contributed by atoms with Crippen LogP contribution in [0.1, 0.15) is 19.8 Å². The molecule has 21 heavy (non-hydrogen) atoms. The zero-order valence-corrected chi connectivity index (χ0v) is 12.8. The topological polar surface area (TPSA) is 35.6 Å². The minimum Gasteiger partial charge on any atom is -0.368 e. The molecule has 2 saturated heterocycles. The Hall–Kier alpha value is -1.55. The second-order valence-corrected chi connectivity index (χ2v) is 6.43. The van der Waals surface area contributed by atoms with Crippen molar-refractivity contribution in [2.45, 2.75) is 19.8 Å². The Kier molecular flexibility index (Phi) is 4.15. The van der Waals surface area contributed by atoms with E-state index in [9.17, 15) is 4.79 Å². The molecule has 0 aliphatic carbocycles. The predicted octanol–water partition coefficient (Wildman–Crippen LogP) is 1.72. The number of hydrogen-bond donors (Lipinski definition) is 1. The molecule has 0 bridgehead atoms. The first kappa shape index (κ1) is 14.4. The number of anilines is 1. The summed E-state index contributed by atoms with van der Waals surface area (Å²) in [6.45, 7) is 7.62. The van der Waals surface area contributed by atoms with Crippen molar-refractivity contribution in [2.75, 3.05) is 44.2 Å². The molecule has 0 atom stereocenters. The summed E-state index contributed by atoms with van der Waals surface area (Å²) in [5, 5.41) is 3.35. The van der Waals surface area contributed by atoms with Gasteiger partial charge in [0.05, 0.1) is 0 Å². The molecule has 1 aromatic carbocycles. The highest BCUT2D eigenvalue weighted by Crippen LogP contribution is 2.31. The van der Waals surface area contributed by atoms with E-state index in [0.717, 1.165) is 52.1 Å². The number of nitrogens with one attached hydrogen (secondary N) is 1. The number of carbonyl (C=O) groups is 1. The molecule has 0 unspecified atom stereocenters. The van der Waals surface area contributed by atoms with Crippen molar-refractivity contribution >= 4 is 11.6 Å². The Morgan fingerprint density at radius 1 is 1.05 bits per heavy atom. The molecule has 2 aliphatic rings. The lowest BCUT2D eigenvalue weighted by molar-refractivity contribution is -0.143. The normalized spacial score (nSPS) is 22.1. The fourth-order valence-corrected chi connectivity index (χ4v) is 3.38. The summed E-state index contributed by atoms with van der Waals surface area (Å²) in [5.74, 6) is 0.358. The van der Waals surface area contributed by atoms with Crippen molar-refractivity contribution in [1.82, 2.24) is 10.2 Å². The van der Waals surface area contributed by atoms with Crippen molar-refractivity contribution in [3.05, 3.63) is 30.3 Å². The molecule has 0 saturated carbocycles. The summed E-state index contributed by atoms with van der Waals surface area (Å²) in [6, 6.07) is 10.5. The Bertz CT molecular complexity index is 474. The van der Waals surface area contributed by atoms with Crippen LogP contribution in [0.25, 0.3) is 0 Å². The number of hydrogen-bond acceptors (Lipinski definition) is 3. The number of para-hydroxylation sites is 1. The standard InChI is InChI=1S/C17H25N3O/c1-17(7-9-18-10-8-17)16(21)20-13-11-19(12-14-20)15-5-3-2-4-6-15/h2-6,18H,7-14H2,1H3. The van der Waals surface area contributed by atoms with Crippen molar-refractivity contribution in [1.29, 1.82) is 0 Å². The first-order chi connectivity index (χ1) is 10.2. The molecule has 1 amide bonds. The molecule has 2 heterocycles. The first-order valence-electron chi connectivity index (χ1n) is 7.99. The van der Waals surface area contributed by atoms with Crippen LogP contribution in [0.3, 0.4) is 0 Å². The van der Waals surface area contributed by atoms with Gasteiger partial charge in [-0.25, -0.2) is 0 Å². The van der Waals surface area contributed by atoms with Crippen LogP contribution in [0, 0.1) is 5.41 Å². The van der Waals surface area contributed by atoms with Gasteiger partial charge in [0.15, 0.2) is 0 Å². The average molecular weight is 287 g/mol. The lowest BCUT2D eigenvalue weighted by atomic mass is 9.79. The number of benzene rings is 1. The van der Waals surface area contributed by atoms with Crippen molar-refractivity contribution < 1.29 is 4.79 Å². The van der Waals surface area contributed by atoms with Crippen LogP contribution < -0.4 is 10.2 Å². The highest BCUT2D eigenvalue weighted by atomic mass is 16.2. The van der Waals surface area contributed by atoms with Crippen LogP contribution in [0.2, 0.25) is 0 Å². The molecule has 2 fully saturated rings. The van der Waals surface area contributed by atoms with Gasteiger partial charge < -0.3 is 15.1 Å². The summed E-state index contributed by atoms with van der Waals surface area (Å²) < 4.78 is 0. The van der Waals surface area contributed by atoms with Gasteiger partial charge in [-0.3, -0.25) is 4.79 Å². The van der Waals surface area contributed by atoms with Crippen LogP contribution in [0.15, 0.2) is 30.3 Å². The third kappa shape index (κ3) is 3.05. The van der Waals surface area contributed by atoms with Crippen LogP contribution in [-0.2, 0) is 4.79 Å². The molecule has 4 nitrogen and oxygen atoms in total. The molecule has 1 aromatic rings. The molecule has 114 valence electrons. The monoisotopic (exact) mass is 287 g/mol. The fraction of sp³-hybridized carbons (Fsp3) is 0.588. The molecule has 0 spiro atoms. The summed E-state index contributed by atoms with van der Waals surface area (Å²) >= 11 is 0. The van der Waals surface area contributed by atoms with Gasteiger partial charge in [0.25, 0.3) is 0 Å². The SMILES string of the molecule is CC1(C(=O)N2CCN(c3ccccc3)CC2)CCNCC1. The van der Waals surface area contributed by atoms with E-state index < -0.39 is 0 Å². The Balaban J connectivity index is 1.59. The molecular formula is C17H25N3O. The first-order valence-corrected chi connectivity index (χ1v) is 7.99. The van der Waals surface area contributed by atoms with E-state index in [0.29, 0.717) is 5.91 Å². The van der Waals surface area contributed by atoms with Crippen LogP contribution in [0.4, 0.5) is 5.69 Å². The number of nitrogens with zero attached hydrogens (tertiary/aromatic N) is 2. The van der Waals surface area contributed by atoms with Crippen molar-refractivity contribution in [2.24, 2.45) is 5.41 Å². The Labute approximate surface area is 127 Å². The van der Waals surface area contributed by atoms with Gasteiger partial charge in [-0.05, 0) is 38.1 Å². The molecule has 0 radical (unpaired) electrons. The van der Waals surface area contributed by atoms with E-state index in [4.69, 9.17) is 0 Å². The summed E-state index contributed by atoms with van der Waals surface area (Å²) in [7, 11) is 0. The van der Waals surface area contributed by atoms with Crippen molar-refractivity contribution in [3.8, 4) is 0 Å². The lowest BCUT2D eigenvalue weighted by Gasteiger charge is -2.42. The minimum absolute atomic E-state index is 0.153. The Morgan fingerprint density at radius 2 is 1.67 bits per heavy atom. The van der Waals surface area contributed by atoms with E-state index in [1.54, 1.807) is 0 Å². The molecule has 4 heteroatoms. The molecule has 3 rings (SSSR count). The smallest absolute Gasteiger partial charge is 0.228 e. The Morgan fingerprint density at radius 3 is 2.29 bits per heavy atom. The number of carbonyl (C=O) groups excluding carboxylic acids is 1. The van der Waals surface area contributed by atoms with Crippen LogP contribution in [-0.4, -0.2) is 50.1 Å². The van der Waals surface area contributed by atoms with Gasteiger partial charge in [0, 0.05) is 37.3 Å². The van der Waals surface area contributed by atoms with Gasteiger partial charge >= 0.3 is 0 Å².